The van der Waals surface area contributed by atoms with E-state index in [0.29, 0.717) is 13.1 Å². The van der Waals surface area contributed by atoms with E-state index in [-0.39, 0.29) is 24.2 Å². The Balaban J connectivity index is 1.63. The number of nitro groups is 1. The average Bonchev–Trinajstić information content (AvgIpc) is 2.64. The van der Waals surface area contributed by atoms with Crippen LogP contribution in [0, 0.1) is 10.1 Å². The molecule has 132 valence electrons. The summed E-state index contributed by atoms with van der Waals surface area (Å²) in [6.45, 7) is 3.27. The number of hydrogen-bond acceptors (Lipinski definition) is 5. The number of hydrogen-bond donors (Lipinski definition) is 3. The van der Waals surface area contributed by atoms with Crippen LogP contribution in [0.15, 0.2) is 54.6 Å². The van der Waals surface area contributed by atoms with Gasteiger partial charge in [0.1, 0.15) is 0 Å². The van der Waals surface area contributed by atoms with Gasteiger partial charge in [-0.1, -0.05) is 30.3 Å². The second-order valence-corrected chi connectivity index (χ2v) is 5.59. The number of carbonyl (C=O) groups excluding carboxylic acids is 1. The lowest BCUT2D eigenvalue weighted by Gasteiger charge is -2.14. The Bertz CT molecular complexity index is 689. The van der Waals surface area contributed by atoms with Crippen molar-refractivity contribution in [2.45, 2.75) is 13.0 Å². The highest BCUT2D eigenvalue weighted by molar-refractivity contribution is 5.78. The van der Waals surface area contributed by atoms with Crippen molar-refractivity contribution in [3.8, 4) is 0 Å². The monoisotopic (exact) mass is 342 g/mol. The van der Waals surface area contributed by atoms with Crippen LogP contribution in [0.25, 0.3) is 0 Å². The Labute approximate surface area is 146 Å². The first-order valence-corrected chi connectivity index (χ1v) is 8.09. The van der Waals surface area contributed by atoms with E-state index in [4.69, 9.17) is 0 Å². The number of nitro benzene ring substituents is 1. The molecule has 7 heteroatoms. The van der Waals surface area contributed by atoms with Crippen LogP contribution >= 0.6 is 0 Å². The van der Waals surface area contributed by atoms with Crippen molar-refractivity contribution >= 4 is 17.3 Å². The Morgan fingerprint density at radius 2 is 1.76 bits per heavy atom. The second kappa shape index (κ2) is 9.39. The van der Waals surface area contributed by atoms with Gasteiger partial charge in [0.05, 0.1) is 11.5 Å². The van der Waals surface area contributed by atoms with Crippen LogP contribution in [-0.2, 0) is 4.79 Å². The minimum atomic E-state index is -0.437. The number of anilines is 1. The summed E-state index contributed by atoms with van der Waals surface area (Å²) >= 11 is 0. The van der Waals surface area contributed by atoms with Gasteiger partial charge in [0.2, 0.25) is 5.91 Å². The minimum Gasteiger partial charge on any atom is -0.383 e. The van der Waals surface area contributed by atoms with Gasteiger partial charge < -0.3 is 16.0 Å². The number of amides is 1. The van der Waals surface area contributed by atoms with E-state index in [0.717, 1.165) is 11.3 Å². The molecule has 0 aliphatic rings. The molecule has 0 saturated carbocycles. The number of carbonyl (C=O) groups is 1. The predicted octanol–water partition coefficient (Wildman–Crippen LogP) is 2.47. The van der Waals surface area contributed by atoms with E-state index in [9.17, 15) is 14.9 Å². The van der Waals surface area contributed by atoms with E-state index < -0.39 is 4.92 Å². The molecular formula is C18H22N4O3. The molecule has 25 heavy (non-hydrogen) atoms. The minimum absolute atomic E-state index is 0.0532. The van der Waals surface area contributed by atoms with Crippen LogP contribution in [0.3, 0.4) is 0 Å². The fraction of sp³-hybridized carbons (Fsp3) is 0.278. The van der Waals surface area contributed by atoms with Crippen molar-refractivity contribution in [1.82, 2.24) is 10.6 Å². The molecule has 2 rings (SSSR count). The maximum atomic E-state index is 11.8. The zero-order valence-electron chi connectivity index (χ0n) is 14.1. The van der Waals surface area contributed by atoms with Gasteiger partial charge in [-0.2, -0.15) is 0 Å². The Kier molecular flexibility index (Phi) is 6.91. The molecule has 0 heterocycles. The third-order valence-corrected chi connectivity index (χ3v) is 3.72. The molecule has 0 radical (unpaired) electrons. The van der Waals surface area contributed by atoms with Gasteiger partial charge in [0.25, 0.3) is 5.69 Å². The Morgan fingerprint density at radius 3 is 2.40 bits per heavy atom. The van der Waals surface area contributed by atoms with Gasteiger partial charge in [-0.05, 0) is 24.6 Å². The van der Waals surface area contributed by atoms with Crippen molar-refractivity contribution in [3.63, 3.8) is 0 Å². The van der Waals surface area contributed by atoms with E-state index >= 15 is 0 Å². The largest absolute Gasteiger partial charge is 0.383 e. The summed E-state index contributed by atoms with van der Waals surface area (Å²) in [6.07, 6.45) is 0. The Hall–Kier alpha value is -2.93. The van der Waals surface area contributed by atoms with Crippen LogP contribution in [0.5, 0.6) is 0 Å². The van der Waals surface area contributed by atoms with Crippen LogP contribution in [0.4, 0.5) is 11.4 Å². The fourth-order valence-electron chi connectivity index (χ4n) is 2.28. The quantitative estimate of drug-likeness (QED) is 0.370. The molecule has 0 unspecified atom stereocenters. The number of benzene rings is 2. The first-order valence-electron chi connectivity index (χ1n) is 8.09. The highest BCUT2D eigenvalue weighted by atomic mass is 16.6. The van der Waals surface area contributed by atoms with Crippen LogP contribution in [-0.4, -0.2) is 30.5 Å². The van der Waals surface area contributed by atoms with Crippen molar-refractivity contribution in [2.24, 2.45) is 0 Å². The van der Waals surface area contributed by atoms with E-state index in [2.05, 4.69) is 16.0 Å². The predicted molar refractivity (Wildman–Crippen MR) is 97.5 cm³/mol. The van der Waals surface area contributed by atoms with Gasteiger partial charge in [0, 0.05) is 37.0 Å². The zero-order chi connectivity index (χ0) is 18.1. The number of nitrogens with zero attached hydrogens (tertiary/aromatic N) is 1. The summed E-state index contributed by atoms with van der Waals surface area (Å²) in [5.74, 6) is -0.0757. The number of rotatable bonds is 9. The smallest absolute Gasteiger partial charge is 0.269 e. The molecule has 0 saturated heterocycles. The lowest BCUT2D eigenvalue weighted by atomic mass is 10.1. The zero-order valence-corrected chi connectivity index (χ0v) is 14.1. The highest BCUT2D eigenvalue weighted by Crippen LogP contribution is 2.14. The Morgan fingerprint density at radius 1 is 1.08 bits per heavy atom. The number of non-ortho nitro benzene ring substituents is 1. The average molecular weight is 342 g/mol. The van der Waals surface area contributed by atoms with Crippen LogP contribution < -0.4 is 16.0 Å². The summed E-state index contributed by atoms with van der Waals surface area (Å²) in [4.78, 5) is 22.0. The summed E-state index contributed by atoms with van der Waals surface area (Å²) in [5, 5.41) is 19.7. The summed E-state index contributed by atoms with van der Waals surface area (Å²) < 4.78 is 0. The van der Waals surface area contributed by atoms with Gasteiger partial charge in [-0.25, -0.2) is 0 Å². The van der Waals surface area contributed by atoms with E-state index in [1.807, 2.05) is 37.3 Å². The van der Waals surface area contributed by atoms with Crippen molar-refractivity contribution < 1.29 is 9.72 Å². The summed E-state index contributed by atoms with van der Waals surface area (Å²) in [5.41, 5.74) is 1.96. The standard InChI is InChI=1S/C18H22N4O3/c1-14(15-5-3-2-4-6-15)21-13-18(23)20-12-11-19-16-7-9-17(10-8-16)22(24)25/h2-10,14,19,21H,11-13H2,1H3,(H,20,23)/t14-/m1/s1. The summed E-state index contributed by atoms with van der Waals surface area (Å²) in [7, 11) is 0. The van der Waals surface area contributed by atoms with E-state index in [1.165, 1.54) is 12.1 Å². The second-order valence-electron chi connectivity index (χ2n) is 5.59. The molecule has 0 bridgehead atoms. The van der Waals surface area contributed by atoms with Crippen LogP contribution in [0.2, 0.25) is 0 Å². The maximum Gasteiger partial charge on any atom is 0.269 e. The van der Waals surface area contributed by atoms with Gasteiger partial charge in [-0.3, -0.25) is 14.9 Å². The fourth-order valence-corrected chi connectivity index (χ4v) is 2.28. The third kappa shape index (κ3) is 6.23. The molecule has 1 atom stereocenters. The first kappa shape index (κ1) is 18.4. The molecular weight excluding hydrogens is 320 g/mol. The van der Waals surface area contributed by atoms with Crippen molar-refractivity contribution in [2.75, 3.05) is 25.0 Å². The van der Waals surface area contributed by atoms with E-state index in [1.54, 1.807) is 12.1 Å². The highest BCUT2D eigenvalue weighted by Gasteiger charge is 2.07. The third-order valence-electron chi connectivity index (χ3n) is 3.72. The normalized spacial score (nSPS) is 11.6. The molecule has 3 N–H and O–H groups in total. The first-order chi connectivity index (χ1) is 12.1. The molecule has 0 aliphatic carbocycles. The molecule has 0 fully saturated rings. The van der Waals surface area contributed by atoms with Crippen molar-refractivity contribution in [3.05, 3.63) is 70.3 Å². The van der Waals surface area contributed by atoms with Crippen LogP contribution in [0.1, 0.15) is 18.5 Å². The van der Waals surface area contributed by atoms with Gasteiger partial charge in [-0.15, -0.1) is 0 Å². The maximum absolute atomic E-state index is 11.8. The van der Waals surface area contributed by atoms with Crippen molar-refractivity contribution in [1.29, 1.82) is 0 Å². The molecule has 7 nitrogen and oxygen atoms in total. The molecule has 2 aromatic carbocycles. The topological polar surface area (TPSA) is 96.3 Å². The summed E-state index contributed by atoms with van der Waals surface area (Å²) in [6, 6.07) is 16.2. The molecule has 0 aliphatic heterocycles. The van der Waals surface area contributed by atoms with Gasteiger partial charge in [0.15, 0.2) is 0 Å². The SMILES string of the molecule is C[C@@H](NCC(=O)NCCNc1ccc([N+](=O)[O-])cc1)c1ccccc1. The van der Waals surface area contributed by atoms with Gasteiger partial charge >= 0.3 is 0 Å². The lowest BCUT2D eigenvalue weighted by Crippen LogP contribution is -2.37. The molecule has 0 aromatic heterocycles. The molecule has 0 spiro atoms. The lowest BCUT2D eigenvalue weighted by molar-refractivity contribution is -0.384. The molecule has 2 aromatic rings. The number of nitrogens with one attached hydrogen (secondary N) is 3. The molecule has 1 amide bonds.